The minimum Gasteiger partial charge on any atom is -0.393 e. The van der Waals surface area contributed by atoms with Gasteiger partial charge in [0.15, 0.2) is 0 Å². The molecule has 3 N–H and O–H groups in total. The lowest BCUT2D eigenvalue weighted by Crippen LogP contribution is -2.41. The number of aliphatic hydroxyl groups is 1. The zero-order chi connectivity index (χ0) is 17.8. The van der Waals surface area contributed by atoms with Crippen molar-refractivity contribution in [3.8, 4) is 0 Å². The molecule has 1 aliphatic heterocycles. The molecule has 6 heteroatoms. The summed E-state index contributed by atoms with van der Waals surface area (Å²) in [5.41, 5.74) is 1.70. The molecule has 1 aromatic rings. The molecule has 2 amide bonds. The molecule has 138 valence electrons. The highest BCUT2D eigenvalue weighted by Gasteiger charge is 2.23. The number of piperidine rings is 1. The lowest BCUT2D eigenvalue weighted by atomic mass is 9.85. The molecule has 25 heavy (non-hydrogen) atoms. The number of amides is 2. The van der Waals surface area contributed by atoms with Gasteiger partial charge in [0.2, 0.25) is 0 Å². The van der Waals surface area contributed by atoms with Crippen molar-refractivity contribution in [1.82, 2.24) is 10.6 Å². The average molecular weight is 349 g/mol. The lowest BCUT2D eigenvalue weighted by Gasteiger charge is -2.34. The van der Waals surface area contributed by atoms with Crippen LogP contribution in [0.15, 0.2) is 18.2 Å². The van der Waals surface area contributed by atoms with Crippen LogP contribution in [0.1, 0.15) is 50.6 Å². The third-order valence-electron chi connectivity index (χ3n) is 5.38. The van der Waals surface area contributed by atoms with Gasteiger partial charge in [0.05, 0.1) is 12.1 Å². The molecule has 1 saturated carbocycles. The first-order valence-electron chi connectivity index (χ1n) is 9.29. The highest BCUT2D eigenvalue weighted by atomic mass is 19.1. The van der Waals surface area contributed by atoms with Crippen molar-refractivity contribution in [3.63, 3.8) is 0 Å². The molecular formula is C19H28FN3O2. The van der Waals surface area contributed by atoms with Gasteiger partial charge in [-0.2, -0.15) is 0 Å². The maximum atomic E-state index is 13.8. The summed E-state index contributed by atoms with van der Waals surface area (Å²) in [6.45, 7) is 4.05. The zero-order valence-electron chi connectivity index (χ0n) is 14.8. The summed E-state index contributed by atoms with van der Waals surface area (Å²) in [6.07, 6.45) is 4.78. The van der Waals surface area contributed by atoms with Gasteiger partial charge in [-0.15, -0.1) is 0 Å². The van der Waals surface area contributed by atoms with Gasteiger partial charge in [0.25, 0.3) is 0 Å². The van der Waals surface area contributed by atoms with E-state index in [1.165, 1.54) is 31.4 Å². The number of rotatable bonds is 5. The third-order valence-corrected chi connectivity index (χ3v) is 5.38. The minimum absolute atomic E-state index is 0.205. The van der Waals surface area contributed by atoms with Crippen LogP contribution in [0, 0.1) is 11.7 Å². The van der Waals surface area contributed by atoms with Crippen molar-refractivity contribution in [2.24, 2.45) is 5.92 Å². The Morgan fingerprint density at radius 2 is 2.04 bits per heavy atom. The van der Waals surface area contributed by atoms with Crippen LogP contribution in [0.5, 0.6) is 0 Å². The number of hydrogen-bond donors (Lipinski definition) is 3. The second-order valence-electron chi connectivity index (χ2n) is 7.29. The van der Waals surface area contributed by atoms with Crippen LogP contribution in [-0.4, -0.2) is 36.9 Å². The highest BCUT2D eigenvalue weighted by molar-refractivity contribution is 5.75. The molecule has 0 spiro atoms. The summed E-state index contributed by atoms with van der Waals surface area (Å²) in [6, 6.07) is 4.22. The quantitative estimate of drug-likeness (QED) is 0.766. The maximum absolute atomic E-state index is 13.8. The Bertz CT molecular complexity index is 598. The van der Waals surface area contributed by atoms with E-state index in [9.17, 15) is 14.3 Å². The molecular weight excluding hydrogens is 321 g/mol. The van der Waals surface area contributed by atoms with E-state index in [2.05, 4.69) is 15.5 Å². The first-order valence-corrected chi connectivity index (χ1v) is 9.29. The van der Waals surface area contributed by atoms with Crippen molar-refractivity contribution in [3.05, 3.63) is 29.6 Å². The van der Waals surface area contributed by atoms with E-state index in [0.717, 1.165) is 24.3 Å². The number of aliphatic hydroxyl groups excluding tert-OH is 1. The van der Waals surface area contributed by atoms with Crippen LogP contribution in [0.25, 0.3) is 0 Å². The summed E-state index contributed by atoms with van der Waals surface area (Å²) in [5, 5.41) is 15.5. The molecule has 2 fully saturated rings. The van der Waals surface area contributed by atoms with Gasteiger partial charge in [-0.3, -0.25) is 0 Å². The normalized spacial score (nSPS) is 20.0. The standard InChI is InChI=1S/C19H28FN3O2/c1-13(22-19(25)21-12-14-3-2-4-14)17-11-15(20)5-6-18(17)23-9-7-16(24)8-10-23/h5-6,11,13-14,16,24H,2-4,7-10,12H2,1H3,(H2,21,22,25). The number of nitrogens with zero attached hydrogens (tertiary/aromatic N) is 1. The Kier molecular flexibility index (Phi) is 5.78. The fourth-order valence-corrected chi connectivity index (χ4v) is 3.53. The molecule has 0 aromatic heterocycles. The SMILES string of the molecule is CC(NC(=O)NCC1CCC1)c1cc(F)ccc1N1CCC(O)CC1. The number of urea groups is 1. The maximum Gasteiger partial charge on any atom is 0.315 e. The topological polar surface area (TPSA) is 64.6 Å². The lowest BCUT2D eigenvalue weighted by molar-refractivity contribution is 0.145. The van der Waals surface area contributed by atoms with Gasteiger partial charge in [0.1, 0.15) is 5.82 Å². The van der Waals surface area contributed by atoms with Gasteiger partial charge in [0, 0.05) is 30.9 Å². The van der Waals surface area contributed by atoms with Crippen molar-refractivity contribution < 1.29 is 14.3 Å². The van der Waals surface area contributed by atoms with Crippen molar-refractivity contribution in [2.75, 3.05) is 24.5 Å². The van der Waals surface area contributed by atoms with Crippen molar-refractivity contribution in [2.45, 2.75) is 51.2 Å². The Morgan fingerprint density at radius 1 is 1.32 bits per heavy atom. The predicted octanol–water partition coefficient (Wildman–Crippen LogP) is 2.95. The third kappa shape index (κ3) is 4.63. The summed E-state index contributed by atoms with van der Waals surface area (Å²) < 4.78 is 13.8. The van der Waals surface area contributed by atoms with Crippen LogP contribution < -0.4 is 15.5 Å². The number of anilines is 1. The van der Waals surface area contributed by atoms with Crippen LogP contribution in [-0.2, 0) is 0 Å². The average Bonchev–Trinajstić information content (AvgIpc) is 2.54. The Balaban J connectivity index is 1.64. The number of carbonyl (C=O) groups excluding carboxylic acids is 1. The van der Waals surface area contributed by atoms with E-state index in [4.69, 9.17) is 0 Å². The highest BCUT2D eigenvalue weighted by Crippen LogP contribution is 2.30. The van der Waals surface area contributed by atoms with E-state index >= 15 is 0 Å². The Morgan fingerprint density at radius 3 is 2.68 bits per heavy atom. The summed E-state index contributed by atoms with van der Waals surface area (Å²) in [7, 11) is 0. The van der Waals surface area contributed by atoms with Gasteiger partial charge >= 0.3 is 6.03 Å². The number of carbonyl (C=O) groups is 1. The first-order chi connectivity index (χ1) is 12.0. The smallest absolute Gasteiger partial charge is 0.315 e. The molecule has 3 rings (SSSR count). The molecule has 0 radical (unpaired) electrons. The van der Waals surface area contributed by atoms with Crippen LogP contribution >= 0.6 is 0 Å². The molecule has 1 aromatic carbocycles. The van der Waals surface area contributed by atoms with Crippen molar-refractivity contribution >= 4 is 11.7 Å². The van der Waals surface area contributed by atoms with Gasteiger partial charge in [-0.05, 0) is 56.7 Å². The number of halogens is 1. The molecule has 0 bridgehead atoms. The molecule has 2 aliphatic rings. The van der Waals surface area contributed by atoms with Crippen LogP contribution in [0.3, 0.4) is 0 Å². The van der Waals surface area contributed by atoms with Crippen LogP contribution in [0.4, 0.5) is 14.9 Å². The number of nitrogens with one attached hydrogen (secondary N) is 2. The largest absolute Gasteiger partial charge is 0.393 e. The van der Waals surface area contributed by atoms with Gasteiger partial charge in [-0.25, -0.2) is 9.18 Å². The fourth-order valence-electron chi connectivity index (χ4n) is 3.53. The molecule has 1 aliphatic carbocycles. The molecule has 1 atom stereocenters. The van der Waals surface area contributed by atoms with E-state index in [0.29, 0.717) is 25.3 Å². The van der Waals surface area contributed by atoms with E-state index in [-0.39, 0.29) is 24.0 Å². The van der Waals surface area contributed by atoms with Crippen molar-refractivity contribution in [1.29, 1.82) is 0 Å². The molecule has 5 nitrogen and oxygen atoms in total. The first kappa shape index (κ1) is 18.0. The van der Waals surface area contributed by atoms with Gasteiger partial charge in [-0.1, -0.05) is 6.42 Å². The zero-order valence-corrected chi connectivity index (χ0v) is 14.8. The fraction of sp³-hybridized carbons (Fsp3) is 0.632. The van der Waals surface area contributed by atoms with E-state index in [1.807, 2.05) is 6.92 Å². The monoisotopic (exact) mass is 349 g/mol. The van der Waals surface area contributed by atoms with E-state index in [1.54, 1.807) is 6.07 Å². The predicted molar refractivity (Wildman–Crippen MR) is 96.1 cm³/mol. The van der Waals surface area contributed by atoms with E-state index < -0.39 is 0 Å². The second kappa shape index (κ2) is 8.04. The number of benzene rings is 1. The minimum atomic E-state index is -0.306. The molecule has 1 saturated heterocycles. The number of hydrogen-bond acceptors (Lipinski definition) is 3. The van der Waals surface area contributed by atoms with Crippen LogP contribution in [0.2, 0.25) is 0 Å². The van der Waals surface area contributed by atoms with Gasteiger partial charge < -0.3 is 20.6 Å². The summed E-state index contributed by atoms with van der Waals surface area (Å²) in [5.74, 6) is 0.296. The second-order valence-corrected chi connectivity index (χ2v) is 7.29. The Hall–Kier alpha value is -1.82. The molecule has 1 heterocycles. The Labute approximate surface area is 148 Å². The molecule has 1 unspecified atom stereocenters. The summed E-state index contributed by atoms with van der Waals surface area (Å²) in [4.78, 5) is 14.3. The summed E-state index contributed by atoms with van der Waals surface area (Å²) >= 11 is 0.